The first kappa shape index (κ1) is 21.3. The number of carbonyl (C=O) groups excluding carboxylic acids is 1. The molecule has 3 rings (SSSR count). The van der Waals surface area contributed by atoms with Gasteiger partial charge in [-0.2, -0.15) is 5.26 Å². The predicted octanol–water partition coefficient (Wildman–Crippen LogP) is 5.11. The van der Waals surface area contributed by atoms with Crippen molar-refractivity contribution in [2.45, 2.75) is 13.8 Å². The van der Waals surface area contributed by atoms with E-state index >= 15 is 0 Å². The van der Waals surface area contributed by atoms with Gasteiger partial charge < -0.3 is 14.5 Å². The lowest BCUT2D eigenvalue weighted by Crippen LogP contribution is -2.13. The third kappa shape index (κ3) is 5.16. The highest BCUT2D eigenvalue weighted by Gasteiger charge is 2.18. The number of nitriles is 1. The molecule has 1 N–H and O–H groups in total. The molecule has 0 fully saturated rings. The van der Waals surface area contributed by atoms with Gasteiger partial charge in [0.15, 0.2) is 0 Å². The second-order valence-electron chi connectivity index (χ2n) is 6.56. The molecule has 1 heterocycles. The molecule has 0 spiro atoms. The van der Waals surface area contributed by atoms with E-state index in [2.05, 4.69) is 5.32 Å². The van der Waals surface area contributed by atoms with Crippen LogP contribution in [-0.2, 0) is 4.79 Å². The van der Waals surface area contributed by atoms with Gasteiger partial charge in [-0.25, -0.2) is 0 Å². The van der Waals surface area contributed by atoms with Crippen LogP contribution in [0.3, 0.4) is 0 Å². The molecule has 0 radical (unpaired) electrons. The number of amides is 1. The van der Waals surface area contributed by atoms with Crippen molar-refractivity contribution in [1.82, 2.24) is 0 Å². The Kier molecular flexibility index (Phi) is 6.48. The zero-order valence-electron chi connectivity index (χ0n) is 16.9. The Labute approximate surface area is 178 Å². The molecule has 0 aliphatic heterocycles. The van der Waals surface area contributed by atoms with Crippen LogP contribution >= 0.6 is 0 Å². The molecule has 0 saturated carbocycles. The van der Waals surface area contributed by atoms with Gasteiger partial charge in [0.05, 0.1) is 17.1 Å². The second-order valence-corrected chi connectivity index (χ2v) is 6.56. The normalized spacial score (nSPS) is 10.9. The van der Waals surface area contributed by atoms with Crippen molar-refractivity contribution in [3.63, 3.8) is 0 Å². The molecule has 0 aliphatic carbocycles. The molecule has 0 atom stereocenters. The SMILES string of the molecule is CCOc1ccc(NC(=O)/C(C#N)=C/c2ccc(-c3ccc(C)cc3[N+](=O)[O-])o2)cc1. The molecule has 1 aromatic heterocycles. The van der Waals surface area contributed by atoms with Gasteiger partial charge >= 0.3 is 0 Å². The van der Waals surface area contributed by atoms with Crippen molar-refractivity contribution in [2.24, 2.45) is 0 Å². The van der Waals surface area contributed by atoms with Gasteiger partial charge in [-0.1, -0.05) is 6.07 Å². The van der Waals surface area contributed by atoms with E-state index in [0.29, 0.717) is 23.6 Å². The molecule has 31 heavy (non-hydrogen) atoms. The fraction of sp³-hybridized carbons (Fsp3) is 0.130. The highest BCUT2D eigenvalue weighted by atomic mass is 16.6. The average molecular weight is 417 g/mol. The first-order chi connectivity index (χ1) is 14.9. The minimum atomic E-state index is -0.606. The summed E-state index contributed by atoms with van der Waals surface area (Å²) in [5.41, 5.74) is 1.31. The lowest BCUT2D eigenvalue weighted by Gasteiger charge is -2.06. The lowest BCUT2D eigenvalue weighted by molar-refractivity contribution is -0.384. The van der Waals surface area contributed by atoms with Crippen LogP contribution in [-0.4, -0.2) is 17.4 Å². The minimum Gasteiger partial charge on any atom is -0.494 e. The molecule has 0 bridgehead atoms. The Bertz CT molecular complexity index is 1190. The number of nitro benzene ring substituents is 1. The first-order valence-corrected chi connectivity index (χ1v) is 9.42. The van der Waals surface area contributed by atoms with E-state index in [9.17, 15) is 20.2 Å². The monoisotopic (exact) mass is 417 g/mol. The summed E-state index contributed by atoms with van der Waals surface area (Å²) in [4.78, 5) is 23.3. The maximum Gasteiger partial charge on any atom is 0.280 e. The van der Waals surface area contributed by atoms with Gasteiger partial charge in [0, 0.05) is 17.8 Å². The highest BCUT2D eigenvalue weighted by Crippen LogP contribution is 2.32. The highest BCUT2D eigenvalue weighted by molar-refractivity contribution is 6.09. The number of hydrogen-bond donors (Lipinski definition) is 1. The van der Waals surface area contributed by atoms with Gasteiger partial charge in [0.2, 0.25) is 0 Å². The van der Waals surface area contributed by atoms with E-state index in [4.69, 9.17) is 9.15 Å². The number of nitrogens with one attached hydrogen (secondary N) is 1. The molecule has 2 aromatic carbocycles. The van der Waals surface area contributed by atoms with Crippen molar-refractivity contribution in [1.29, 1.82) is 5.26 Å². The summed E-state index contributed by atoms with van der Waals surface area (Å²) in [5, 5.41) is 23.4. The van der Waals surface area contributed by atoms with E-state index in [1.807, 2.05) is 13.0 Å². The lowest BCUT2D eigenvalue weighted by atomic mass is 10.1. The van der Waals surface area contributed by atoms with Crippen LogP contribution in [0.25, 0.3) is 17.4 Å². The largest absolute Gasteiger partial charge is 0.494 e. The van der Waals surface area contributed by atoms with Crippen molar-refractivity contribution in [2.75, 3.05) is 11.9 Å². The van der Waals surface area contributed by atoms with E-state index in [0.717, 1.165) is 5.56 Å². The van der Waals surface area contributed by atoms with Crippen LogP contribution in [0.2, 0.25) is 0 Å². The van der Waals surface area contributed by atoms with E-state index < -0.39 is 10.8 Å². The topological polar surface area (TPSA) is 118 Å². The standard InChI is InChI=1S/C23H19N3O5/c1-3-30-18-7-5-17(6-8-18)25-23(27)16(14-24)13-19-9-11-22(31-19)20-10-4-15(2)12-21(20)26(28)29/h4-13H,3H2,1-2H3,(H,25,27)/b16-13+. The van der Waals surface area contributed by atoms with Gasteiger partial charge in [0.1, 0.15) is 28.9 Å². The van der Waals surface area contributed by atoms with Crippen LogP contribution < -0.4 is 10.1 Å². The van der Waals surface area contributed by atoms with Crippen LogP contribution in [0.5, 0.6) is 5.75 Å². The Hall–Kier alpha value is -4.38. The van der Waals surface area contributed by atoms with Gasteiger partial charge in [-0.05, 0) is 61.9 Å². The molecule has 156 valence electrons. The van der Waals surface area contributed by atoms with Crippen molar-refractivity contribution in [3.05, 3.63) is 81.6 Å². The van der Waals surface area contributed by atoms with Crippen LogP contribution in [0, 0.1) is 28.4 Å². The van der Waals surface area contributed by atoms with Gasteiger partial charge in [-0.3, -0.25) is 14.9 Å². The maximum atomic E-state index is 12.5. The Morgan fingerprint density at radius 2 is 1.97 bits per heavy atom. The average Bonchev–Trinajstić information content (AvgIpc) is 3.22. The smallest absolute Gasteiger partial charge is 0.280 e. The molecular formula is C23H19N3O5. The minimum absolute atomic E-state index is 0.0846. The van der Waals surface area contributed by atoms with Gasteiger partial charge in [0.25, 0.3) is 11.6 Å². The summed E-state index contributed by atoms with van der Waals surface area (Å²) in [7, 11) is 0. The first-order valence-electron chi connectivity index (χ1n) is 9.42. The van der Waals surface area contributed by atoms with E-state index in [1.165, 1.54) is 12.1 Å². The Balaban J connectivity index is 1.81. The quantitative estimate of drug-likeness (QED) is 0.247. The molecule has 8 heteroatoms. The number of carbonyl (C=O) groups is 1. The molecular weight excluding hydrogens is 398 g/mol. The number of furan rings is 1. The zero-order chi connectivity index (χ0) is 22.4. The summed E-state index contributed by atoms with van der Waals surface area (Å²) in [6.07, 6.45) is 1.29. The number of nitro groups is 1. The van der Waals surface area contributed by atoms with Crippen LogP contribution in [0.15, 0.2) is 64.6 Å². The number of nitrogens with zero attached hydrogens (tertiary/aromatic N) is 2. The number of anilines is 1. The summed E-state index contributed by atoms with van der Waals surface area (Å²) < 4.78 is 11.0. The second kappa shape index (κ2) is 9.41. The van der Waals surface area contributed by atoms with Crippen molar-refractivity contribution in [3.8, 4) is 23.1 Å². The number of rotatable bonds is 7. The summed E-state index contributed by atoms with van der Waals surface area (Å²) in [5.74, 6) is 0.557. The molecule has 0 unspecified atom stereocenters. The summed E-state index contributed by atoms with van der Waals surface area (Å²) in [6.45, 7) is 4.16. The fourth-order valence-electron chi connectivity index (χ4n) is 2.87. The van der Waals surface area contributed by atoms with Crippen molar-refractivity contribution < 1.29 is 18.9 Å². The molecule has 8 nitrogen and oxygen atoms in total. The van der Waals surface area contributed by atoms with E-state index in [-0.39, 0.29) is 22.8 Å². The van der Waals surface area contributed by atoms with Crippen molar-refractivity contribution >= 4 is 23.4 Å². The number of aryl methyl sites for hydroxylation is 1. The predicted molar refractivity (Wildman–Crippen MR) is 115 cm³/mol. The zero-order valence-corrected chi connectivity index (χ0v) is 16.9. The van der Waals surface area contributed by atoms with Crippen LogP contribution in [0.4, 0.5) is 11.4 Å². The number of ether oxygens (including phenoxy) is 1. The molecule has 1 amide bonds. The Morgan fingerprint density at radius 3 is 2.61 bits per heavy atom. The fourth-order valence-corrected chi connectivity index (χ4v) is 2.87. The molecule has 3 aromatic rings. The third-order valence-electron chi connectivity index (χ3n) is 4.32. The Morgan fingerprint density at radius 1 is 1.23 bits per heavy atom. The number of benzene rings is 2. The van der Waals surface area contributed by atoms with Crippen LogP contribution in [0.1, 0.15) is 18.2 Å². The number of hydrogen-bond acceptors (Lipinski definition) is 6. The summed E-state index contributed by atoms with van der Waals surface area (Å²) >= 11 is 0. The van der Waals surface area contributed by atoms with Gasteiger partial charge in [-0.15, -0.1) is 0 Å². The summed E-state index contributed by atoms with van der Waals surface area (Å²) in [6, 6.07) is 16.5. The molecule has 0 aliphatic rings. The maximum absolute atomic E-state index is 12.5. The molecule has 0 saturated heterocycles. The third-order valence-corrected chi connectivity index (χ3v) is 4.32. The van der Waals surface area contributed by atoms with E-state index in [1.54, 1.807) is 55.5 Å².